The van der Waals surface area contributed by atoms with Gasteiger partial charge in [0.05, 0.1) is 5.92 Å². The second-order valence-corrected chi connectivity index (χ2v) is 9.04. The van der Waals surface area contributed by atoms with E-state index in [0.29, 0.717) is 11.8 Å². The number of rotatable bonds is 2. The van der Waals surface area contributed by atoms with Gasteiger partial charge in [0, 0.05) is 12.1 Å². The number of ether oxygens (including phenoxy) is 1. The van der Waals surface area contributed by atoms with Crippen molar-refractivity contribution in [1.29, 1.82) is 0 Å². The Morgan fingerprint density at radius 2 is 2.04 bits per heavy atom. The smallest absolute Gasteiger partial charge is 0.309 e. The minimum absolute atomic E-state index is 0.00357. The molecule has 7 atom stereocenters. The monoisotopic (exact) mass is 331 g/mol. The maximum atomic E-state index is 12.4. The van der Waals surface area contributed by atoms with Crippen molar-refractivity contribution in [3.05, 3.63) is 12.2 Å². The fraction of sp³-hybridized carbons (Fsp3) is 0.800. The van der Waals surface area contributed by atoms with Crippen molar-refractivity contribution in [2.75, 3.05) is 0 Å². The van der Waals surface area contributed by atoms with Gasteiger partial charge >= 0.3 is 5.97 Å². The van der Waals surface area contributed by atoms with Crippen molar-refractivity contribution < 1.29 is 14.7 Å². The van der Waals surface area contributed by atoms with E-state index in [4.69, 9.17) is 4.74 Å². The Morgan fingerprint density at radius 1 is 1.25 bits per heavy atom. The van der Waals surface area contributed by atoms with Gasteiger partial charge in [-0.3, -0.25) is 4.79 Å². The second kappa shape index (κ2) is 5.34. The zero-order valence-corrected chi connectivity index (χ0v) is 14.8. The van der Waals surface area contributed by atoms with Crippen LogP contribution in [0.5, 0.6) is 0 Å². The molecule has 4 fully saturated rings. The normalized spacial score (nSPS) is 51.0. The molecule has 0 aromatic rings. The van der Waals surface area contributed by atoms with Crippen molar-refractivity contribution in [3.8, 4) is 0 Å². The van der Waals surface area contributed by atoms with Crippen LogP contribution in [0.2, 0.25) is 0 Å². The number of hydrogen-bond acceptors (Lipinski definition) is 4. The SMILES string of the molecule is C=C1CC[C@H]2[C@H](/C=N/O)[C@@H]([C@@]3(C)CC[C@H]4C[C@@H]3C(=O)O4)CC[C@]12C. The van der Waals surface area contributed by atoms with E-state index in [1.165, 1.54) is 5.57 Å². The topological polar surface area (TPSA) is 58.9 Å². The summed E-state index contributed by atoms with van der Waals surface area (Å²) in [6, 6.07) is 0. The van der Waals surface area contributed by atoms with Crippen LogP contribution in [0.15, 0.2) is 17.3 Å². The summed E-state index contributed by atoms with van der Waals surface area (Å²) in [6.07, 6.45) is 9.22. The summed E-state index contributed by atoms with van der Waals surface area (Å²) >= 11 is 0. The third-order valence-corrected chi connectivity index (χ3v) is 8.24. The molecule has 1 saturated heterocycles. The summed E-state index contributed by atoms with van der Waals surface area (Å²) < 4.78 is 5.55. The van der Waals surface area contributed by atoms with Crippen LogP contribution in [-0.2, 0) is 9.53 Å². The van der Waals surface area contributed by atoms with Crippen LogP contribution in [0, 0.1) is 34.5 Å². The van der Waals surface area contributed by atoms with Gasteiger partial charge in [-0.05, 0) is 67.6 Å². The Morgan fingerprint density at radius 3 is 2.79 bits per heavy atom. The van der Waals surface area contributed by atoms with Gasteiger partial charge in [0.1, 0.15) is 6.10 Å². The van der Waals surface area contributed by atoms with Gasteiger partial charge in [-0.15, -0.1) is 5.16 Å². The highest BCUT2D eigenvalue weighted by Crippen LogP contribution is 2.64. The molecule has 1 heterocycles. The van der Waals surface area contributed by atoms with Crippen LogP contribution >= 0.6 is 0 Å². The number of carbonyl (C=O) groups is 1. The molecule has 4 heteroatoms. The summed E-state index contributed by atoms with van der Waals surface area (Å²) in [5.74, 6) is 1.11. The molecule has 0 unspecified atom stereocenters. The van der Waals surface area contributed by atoms with Gasteiger partial charge in [-0.25, -0.2) is 0 Å². The van der Waals surface area contributed by atoms with Crippen molar-refractivity contribution in [3.63, 3.8) is 0 Å². The van der Waals surface area contributed by atoms with Gasteiger partial charge < -0.3 is 9.94 Å². The first kappa shape index (κ1) is 16.2. The fourth-order valence-electron chi connectivity index (χ4n) is 6.62. The third-order valence-electron chi connectivity index (χ3n) is 8.24. The third kappa shape index (κ3) is 2.04. The highest BCUT2D eigenvalue weighted by atomic mass is 16.6. The quantitative estimate of drug-likeness (QED) is 0.271. The first-order valence-corrected chi connectivity index (χ1v) is 9.46. The van der Waals surface area contributed by atoms with Crippen LogP contribution in [-0.4, -0.2) is 23.5 Å². The van der Waals surface area contributed by atoms with Crippen molar-refractivity contribution in [2.45, 2.75) is 64.9 Å². The standard InChI is InChI=1S/C20H29NO3/c1-12-4-5-15-14(11-21-23)16(7-9-19(12,15)2)20(3)8-6-13-10-17(20)18(22)24-13/h11,13-17,23H,1,4-10H2,2-3H3/b21-11+/t13-,14-,15-,16-,17+,19+,20+/m0/s1. The first-order chi connectivity index (χ1) is 11.4. The van der Waals surface area contributed by atoms with Crippen molar-refractivity contribution in [2.24, 2.45) is 39.7 Å². The predicted octanol–water partition coefficient (Wildman–Crippen LogP) is 4.18. The minimum Gasteiger partial charge on any atom is -0.462 e. The average Bonchev–Trinajstić information content (AvgIpc) is 3.03. The van der Waals surface area contributed by atoms with E-state index in [9.17, 15) is 10.0 Å². The van der Waals surface area contributed by atoms with Gasteiger partial charge in [-0.2, -0.15) is 0 Å². The maximum absolute atomic E-state index is 12.4. The summed E-state index contributed by atoms with van der Waals surface area (Å²) in [5.41, 5.74) is 1.48. The number of fused-ring (bicyclic) bond motifs is 3. The number of nitrogens with zero attached hydrogens (tertiary/aromatic N) is 1. The van der Waals surface area contributed by atoms with E-state index in [1.54, 1.807) is 6.21 Å². The molecule has 2 bridgehead atoms. The fourth-order valence-corrected chi connectivity index (χ4v) is 6.62. The van der Waals surface area contributed by atoms with Crippen LogP contribution < -0.4 is 0 Å². The molecule has 24 heavy (non-hydrogen) atoms. The van der Waals surface area contributed by atoms with Crippen molar-refractivity contribution >= 4 is 12.2 Å². The van der Waals surface area contributed by atoms with Gasteiger partial charge in [0.15, 0.2) is 0 Å². The molecular weight excluding hydrogens is 302 g/mol. The molecule has 0 amide bonds. The van der Waals surface area contributed by atoms with Gasteiger partial charge in [0.2, 0.25) is 0 Å². The second-order valence-electron chi connectivity index (χ2n) is 9.04. The molecular formula is C20H29NO3. The number of oxime groups is 1. The molecule has 4 nitrogen and oxygen atoms in total. The first-order valence-electron chi connectivity index (χ1n) is 9.46. The van der Waals surface area contributed by atoms with Crippen molar-refractivity contribution in [1.82, 2.24) is 0 Å². The number of esters is 1. The lowest BCUT2D eigenvalue weighted by molar-refractivity contribution is -0.146. The summed E-state index contributed by atoms with van der Waals surface area (Å²) in [7, 11) is 0. The number of hydrogen-bond donors (Lipinski definition) is 1. The zero-order chi connectivity index (χ0) is 17.1. The lowest BCUT2D eigenvalue weighted by atomic mass is 9.50. The van der Waals surface area contributed by atoms with E-state index >= 15 is 0 Å². The molecule has 3 aliphatic carbocycles. The summed E-state index contributed by atoms with van der Waals surface area (Å²) in [6.45, 7) is 8.95. The molecule has 132 valence electrons. The van der Waals surface area contributed by atoms with E-state index < -0.39 is 0 Å². The highest BCUT2D eigenvalue weighted by Gasteiger charge is 2.60. The van der Waals surface area contributed by atoms with Crippen LogP contribution in [0.25, 0.3) is 0 Å². The Balaban J connectivity index is 1.70. The average molecular weight is 331 g/mol. The van der Waals surface area contributed by atoms with Gasteiger partial charge in [-0.1, -0.05) is 26.0 Å². The van der Waals surface area contributed by atoms with E-state index in [2.05, 4.69) is 25.6 Å². The number of carbonyl (C=O) groups excluding carboxylic acids is 1. The molecule has 0 aromatic carbocycles. The molecule has 0 radical (unpaired) electrons. The predicted molar refractivity (Wildman–Crippen MR) is 91.8 cm³/mol. The summed E-state index contributed by atoms with van der Waals surface area (Å²) in [5, 5.41) is 12.8. The lowest BCUT2D eigenvalue weighted by Gasteiger charge is -2.53. The Hall–Kier alpha value is -1.32. The molecule has 4 aliphatic rings. The van der Waals surface area contributed by atoms with Crippen LogP contribution in [0.4, 0.5) is 0 Å². The number of allylic oxidation sites excluding steroid dienone is 1. The zero-order valence-electron chi connectivity index (χ0n) is 14.8. The van der Waals surface area contributed by atoms with Crippen LogP contribution in [0.3, 0.4) is 0 Å². The molecule has 1 aliphatic heterocycles. The van der Waals surface area contributed by atoms with Gasteiger partial charge in [0.25, 0.3) is 0 Å². The highest BCUT2D eigenvalue weighted by molar-refractivity contribution is 5.76. The minimum atomic E-state index is -0.0405. The Kier molecular flexibility index (Phi) is 3.59. The molecule has 0 spiro atoms. The molecule has 3 saturated carbocycles. The maximum Gasteiger partial charge on any atom is 0.309 e. The Bertz CT molecular complexity index is 600. The Labute approximate surface area is 144 Å². The van der Waals surface area contributed by atoms with E-state index in [-0.39, 0.29) is 34.7 Å². The largest absolute Gasteiger partial charge is 0.462 e. The summed E-state index contributed by atoms with van der Waals surface area (Å²) in [4.78, 5) is 12.4. The lowest BCUT2D eigenvalue weighted by Crippen LogP contribution is -2.50. The molecule has 4 rings (SSSR count). The van der Waals surface area contributed by atoms with E-state index in [0.717, 1.165) is 44.9 Å². The molecule has 0 aromatic heterocycles. The van der Waals surface area contributed by atoms with E-state index in [1.807, 2.05) is 0 Å². The molecule has 1 N–H and O–H groups in total. The van der Waals surface area contributed by atoms with Crippen LogP contribution in [0.1, 0.15) is 58.8 Å².